The fourth-order valence-corrected chi connectivity index (χ4v) is 4.04. The van der Waals surface area contributed by atoms with Crippen molar-refractivity contribution in [3.63, 3.8) is 0 Å². The zero-order valence-electron chi connectivity index (χ0n) is 17.3. The number of ether oxygens (including phenoxy) is 1. The summed E-state index contributed by atoms with van der Waals surface area (Å²) in [6, 6.07) is 5.86. The number of allylic oxidation sites excluding steroid dienone is 1. The average molecular weight is 396 g/mol. The molecular weight excluding hydrogens is 368 g/mol. The molecule has 2 aliphatic rings. The van der Waals surface area contributed by atoms with E-state index in [1.54, 1.807) is 23.2 Å². The van der Waals surface area contributed by atoms with Gasteiger partial charge in [-0.05, 0) is 57.4 Å². The summed E-state index contributed by atoms with van der Waals surface area (Å²) in [5.74, 6) is 0. The quantitative estimate of drug-likeness (QED) is 0.844. The first-order chi connectivity index (χ1) is 13.8. The van der Waals surface area contributed by atoms with Crippen LogP contribution in [0.4, 0.5) is 4.79 Å². The SMILES string of the molecule is CC(C)(C)OC(=O)N1CCN([C@H]2C=C(c3cc4ncccc4c(=O)[nH]3)CC2)CC1. The van der Waals surface area contributed by atoms with Crippen LogP contribution < -0.4 is 5.56 Å². The number of pyridine rings is 2. The first-order valence-electron chi connectivity index (χ1n) is 10.2. The number of fused-ring (bicyclic) bond motifs is 1. The highest BCUT2D eigenvalue weighted by Crippen LogP contribution is 2.30. The Hall–Kier alpha value is -2.67. The lowest BCUT2D eigenvalue weighted by atomic mass is 10.1. The molecule has 29 heavy (non-hydrogen) atoms. The van der Waals surface area contributed by atoms with Crippen molar-refractivity contribution in [2.75, 3.05) is 26.2 Å². The minimum atomic E-state index is -0.469. The maximum Gasteiger partial charge on any atom is 0.410 e. The van der Waals surface area contributed by atoms with Crippen molar-refractivity contribution in [3.8, 4) is 0 Å². The Kier molecular flexibility index (Phi) is 5.17. The summed E-state index contributed by atoms with van der Waals surface area (Å²) in [7, 11) is 0. The third-order valence-corrected chi connectivity index (χ3v) is 5.50. The number of nitrogens with zero attached hydrogens (tertiary/aromatic N) is 3. The first-order valence-corrected chi connectivity index (χ1v) is 10.2. The molecule has 3 heterocycles. The van der Waals surface area contributed by atoms with Crippen LogP contribution in [0.3, 0.4) is 0 Å². The van der Waals surface area contributed by atoms with Crippen molar-refractivity contribution in [3.05, 3.63) is 46.5 Å². The number of carbonyl (C=O) groups is 1. The summed E-state index contributed by atoms with van der Waals surface area (Å²) >= 11 is 0. The smallest absolute Gasteiger partial charge is 0.410 e. The van der Waals surface area contributed by atoms with E-state index in [2.05, 4.69) is 20.9 Å². The van der Waals surface area contributed by atoms with Gasteiger partial charge in [-0.1, -0.05) is 6.08 Å². The van der Waals surface area contributed by atoms with E-state index in [1.165, 1.54) is 0 Å². The van der Waals surface area contributed by atoms with Crippen molar-refractivity contribution >= 4 is 22.6 Å². The predicted molar refractivity (Wildman–Crippen MR) is 113 cm³/mol. The maximum atomic E-state index is 12.4. The Morgan fingerprint density at radius 1 is 1.24 bits per heavy atom. The number of aromatic nitrogens is 2. The zero-order chi connectivity index (χ0) is 20.6. The van der Waals surface area contributed by atoms with E-state index in [1.807, 2.05) is 26.8 Å². The van der Waals surface area contributed by atoms with E-state index >= 15 is 0 Å². The van der Waals surface area contributed by atoms with Gasteiger partial charge in [-0.15, -0.1) is 0 Å². The Labute approximate surface area is 170 Å². The molecule has 2 aromatic rings. The van der Waals surface area contributed by atoms with Gasteiger partial charge in [-0.3, -0.25) is 14.7 Å². The molecule has 154 valence electrons. The van der Waals surface area contributed by atoms with Crippen molar-refractivity contribution in [1.82, 2.24) is 19.8 Å². The molecule has 0 unspecified atom stereocenters. The van der Waals surface area contributed by atoms with Gasteiger partial charge in [0.1, 0.15) is 5.60 Å². The van der Waals surface area contributed by atoms with Crippen LogP contribution in [0.2, 0.25) is 0 Å². The molecule has 0 bridgehead atoms. The predicted octanol–water partition coefficient (Wildman–Crippen LogP) is 3.02. The van der Waals surface area contributed by atoms with Gasteiger partial charge < -0.3 is 14.6 Å². The number of piperazine rings is 1. The number of nitrogens with one attached hydrogen (secondary N) is 1. The number of rotatable bonds is 2. The number of hydrogen-bond donors (Lipinski definition) is 1. The Balaban J connectivity index is 1.42. The molecule has 1 aliphatic heterocycles. The Bertz CT molecular complexity index is 997. The Morgan fingerprint density at radius 2 is 2.00 bits per heavy atom. The van der Waals surface area contributed by atoms with Crippen LogP contribution in [-0.4, -0.2) is 63.7 Å². The molecule has 1 atom stereocenters. The monoisotopic (exact) mass is 396 g/mol. The summed E-state index contributed by atoms with van der Waals surface area (Å²) in [6.07, 6.45) is 5.67. The fraction of sp³-hybridized carbons (Fsp3) is 0.500. The van der Waals surface area contributed by atoms with Crippen LogP contribution in [0.15, 0.2) is 35.3 Å². The minimum Gasteiger partial charge on any atom is -0.444 e. The van der Waals surface area contributed by atoms with Crippen LogP contribution in [-0.2, 0) is 4.74 Å². The number of aromatic amines is 1. The summed E-state index contributed by atoms with van der Waals surface area (Å²) in [5, 5.41) is 0.615. The van der Waals surface area contributed by atoms with E-state index in [0.29, 0.717) is 24.5 Å². The van der Waals surface area contributed by atoms with Crippen LogP contribution in [0, 0.1) is 0 Å². The molecule has 0 spiro atoms. The normalized spacial score (nSPS) is 20.7. The topological polar surface area (TPSA) is 78.5 Å². The zero-order valence-corrected chi connectivity index (χ0v) is 17.3. The summed E-state index contributed by atoms with van der Waals surface area (Å²) < 4.78 is 5.48. The standard InChI is InChI=1S/C22H28N4O3/c1-22(2,3)29-21(28)26-11-9-25(10-12-26)16-7-6-15(13-16)18-14-19-17(20(27)24-18)5-4-8-23-19/h4-5,8,13-14,16H,6-7,9-12H2,1-3H3,(H,24,27)/t16-/m1/s1. The van der Waals surface area contributed by atoms with Gasteiger partial charge in [0.25, 0.3) is 5.56 Å². The van der Waals surface area contributed by atoms with Gasteiger partial charge in [0.2, 0.25) is 0 Å². The minimum absolute atomic E-state index is 0.0964. The van der Waals surface area contributed by atoms with Gasteiger partial charge in [0.05, 0.1) is 10.9 Å². The molecule has 1 aliphatic carbocycles. The van der Waals surface area contributed by atoms with Crippen LogP contribution in [0.1, 0.15) is 39.3 Å². The van der Waals surface area contributed by atoms with E-state index in [-0.39, 0.29) is 11.7 Å². The summed E-state index contributed by atoms with van der Waals surface area (Å²) in [5.41, 5.74) is 2.18. The van der Waals surface area contributed by atoms with Crippen LogP contribution in [0.5, 0.6) is 0 Å². The second kappa shape index (κ2) is 7.63. The molecule has 0 radical (unpaired) electrons. The lowest BCUT2D eigenvalue weighted by Gasteiger charge is -2.37. The first kappa shape index (κ1) is 19.6. The van der Waals surface area contributed by atoms with Crippen LogP contribution >= 0.6 is 0 Å². The molecule has 1 saturated heterocycles. The maximum absolute atomic E-state index is 12.4. The van der Waals surface area contributed by atoms with Gasteiger partial charge in [0, 0.05) is 44.1 Å². The lowest BCUT2D eigenvalue weighted by molar-refractivity contribution is 0.0123. The largest absolute Gasteiger partial charge is 0.444 e. The Morgan fingerprint density at radius 3 is 2.72 bits per heavy atom. The molecule has 4 rings (SSSR count). The highest BCUT2D eigenvalue weighted by atomic mass is 16.6. The number of hydrogen-bond acceptors (Lipinski definition) is 5. The van der Waals surface area contributed by atoms with Crippen LogP contribution in [0.25, 0.3) is 16.5 Å². The molecule has 2 aromatic heterocycles. The fourth-order valence-electron chi connectivity index (χ4n) is 4.04. The molecule has 1 N–H and O–H groups in total. The van der Waals surface area contributed by atoms with Crippen molar-refractivity contribution < 1.29 is 9.53 Å². The highest BCUT2D eigenvalue weighted by Gasteiger charge is 2.30. The lowest BCUT2D eigenvalue weighted by Crippen LogP contribution is -2.52. The third kappa shape index (κ3) is 4.34. The van der Waals surface area contributed by atoms with Gasteiger partial charge in [-0.2, -0.15) is 0 Å². The van der Waals surface area contributed by atoms with E-state index in [0.717, 1.165) is 42.7 Å². The van der Waals surface area contributed by atoms with Gasteiger partial charge in [-0.25, -0.2) is 4.79 Å². The average Bonchev–Trinajstić information content (AvgIpc) is 3.17. The van der Waals surface area contributed by atoms with E-state index < -0.39 is 5.60 Å². The highest BCUT2D eigenvalue weighted by molar-refractivity contribution is 5.81. The second-order valence-electron chi connectivity index (χ2n) is 8.75. The summed E-state index contributed by atoms with van der Waals surface area (Å²) in [6.45, 7) is 8.65. The van der Waals surface area contributed by atoms with Gasteiger partial charge >= 0.3 is 6.09 Å². The number of amides is 1. The molecular formula is C22H28N4O3. The number of H-pyrrole nitrogens is 1. The molecule has 1 fully saturated rings. The molecule has 7 nitrogen and oxygen atoms in total. The second-order valence-corrected chi connectivity index (χ2v) is 8.75. The number of carbonyl (C=O) groups excluding carboxylic acids is 1. The molecule has 0 aromatic carbocycles. The molecule has 7 heteroatoms. The van der Waals surface area contributed by atoms with Crippen molar-refractivity contribution in [2.24, 2.45) is 0 Å². The summed E-state index contributed by atoms with van der Waals surface area (Å²) in [4.78, 5) is 36.1. The van der Waals surface area contributed by atoms with Crippen molar-refractivity contribution in [2.45, 2.75) is 45.3 Å². The van der Waals surface area contributed by atoms with Crippen molar-refractivity contribution in [1.29, 1.82) is 0 Å². The molecule has 0 saturated carbocycles. The van der Waals surface area contributed by atoms with E-state index in [9.17, 15) is 9.59 Å². The third-order valence-electron chi connectivity index (χ3n) is 5.50. The van der Waals surface area contributed by atoms with Gasteiger partial charge in [0.15, 0.2) is 0 Å². The van der Waals surface area contributed by atoms with E-state index in [4.69, 9.17) is 4.74 Å². The molecule has 1 amide bonds.